The average molecular weight is 326 g/mol. The molecule has 1 unspecified atom stereocenters. The Bertz CT molecular complexity index is 738. The lowest BCUT2D eigenvalue weighted by molar-refractivity contribution is -0.137. The summed E-state index contributed by atoms with van der Waals surface area (Å²) in [6.07, 6.45) is -6.11. The standard InChI is InChI=1S/C16H10F4O3/c17-13-8-22-14-7-11(5-6-12(14)15(13)21)23-10-3-1-9(2-4-10)16(18,19)20/h1-7,13H,8H2. The second-order valence-corrected chi connectivity index (χ2v) is 4.92. The summed E-state index contributed by atoms with van der Waals surface area (Å²) in [5.74, 6) is -0.00212. The molecule has 7 heteroatoms. The van der Waals surface area contributed by atoms with Crippen LogP contribution in [0.1, 0.15) is 15.9 Å². The monoisotopic (exact) mass is 326 g/mol. The molecule has 0 bridgehead atoms. The van der Waals surface area contributed by atoms with Crippen LogP contribution < -0.4 is 9.47 Å². The summed E-state index contributed by atoms with van der Waals surface area (Å²) in [5, 5.41) is 0. The Morgan fingerprint density at radius 3 is 2.35 bits per heavy atom. The number of fused-ring (bicyclic) bond motifs is 1. The Kier molecular flexibility index (Phi) is 3.71. The van der Waals surface area contributed by atoms with Gasteiger partial charge in [-0.05, 0) is 36.4 Å². The summed E-state index contributed by atoms with van der Waals surface area (Å²) in [5.41, 5.74) is -0.665. The Morgan fingerprint density at radius 1 is 1.04 bits per heavy atom. The fourth-order valence-corrected chi connectivity index (χ4v) is 2.14. The second kappa shape index (κ2) is 5.57. The van der Waals surface area contributed by atoms with Crippen LogP contribution in [0.25, 0.3) is 0 Å². The van der Waals surface area contributed by atoms with Gasteiger partial charge in [0.2, 0.25) is 5.78 Å². The molecule has 1 heterocycles. The van der Waals surface area contributed by atoms with Crippen LogP contribution in [0.4, 0.5) is 17.6 Å². The molecule has 0 aliphatic carbocycles. The molecular formula is C16H10F4O3. The van der Waals surface area contributed by atoms with Gasteiger partial charge in [-0.15, -0.1) is 0 Å². The van der Waals surface area contributed by atoms with Crippen LogP contribution in [0.2, 0.25) is 0 Å². The number of carbonyl (C=O) groups is 1. The molecule has 0 spiro atoms. The normalized spacial score (nSPS) is 17.4. The highest BCUT2D eigenvalue weighted by atomic mass is 19.4. The number of hydrogen-bond donors (Lipinski definition) is 0. The number of benzene rings is 2. The van der Waals surface area contributed by atoms with Crippen molar-refractivity contribution in [3.63, 3.8) is 0 Å². The molecule has 0 saturated heterocycles. The summed E-state index contributed by atoms with van der Waals surface area (Å²) >= 11 is 0. The summed E-state index contributed by atoms with van der Waals surface area (Å²) in [7, 11) is 0. The SMILES string of the molecule is O=C1c2ccc(Oc3ccc(C(F)(F)F)cc3)cc2OCC1F. The molecule has 2 aromatic rings. The predicted molar refractivity (Wildman–Crippen MR) is 72.7 cm³/mol. The number of ketones is 1. The van der Waals surface area contributed by atoms with Crippen molar-refractivity contribution in [2.45, 2.75) is 12.3 Å². The number of ether oxygens (including phenoxy) is 2. The van der Waals surface area contributed by atoms with Gasteiger partial charge in [0, 0.05) is 6.07 Å². The molecule has 0 amide bonds. The highest BCUT2D eigenvalue weighted by Crippen LogP contribution is 2.34. The first-order valence-electron chi connectivity index (χ1n) is 6.65. The number of alkyl halides is 4. The molecule has 0 N–H and O–H groups in total. The molecule has 1 aliphatic heterocycles. The van der Waals surface area contributed by atoms with Crippen molar-refractivity contribution >= 4 is 5.78 Å². The number of carbonyl (C=O) groups excluding carboxylic acids is 1. The number of halogens is 4. The van der Waals surface area contributed by atoms with Crippen LogP contribution >= 0.6 is 0 Å². The zero-order valence-electron chi connectivity index (χ0n) is 11.6. The van der Waals surface area contributed by atoms with E-state index in [1.807, 2.05) is 0 Å². The Balaban J connectivity index is 1.80. The van der Waals surface area contributed by atoms with E-state index in [-0.39, 0.29) is 29.4 Å². The number of Topliss-reactive ketones (excluding diaryl/α,β-unsaturated/α-hetero) is 1. The summed E-state index contributed by atoms with van der Waals surface area (Å²) < 4.78 is 61.2. The fraction of sp³-hybridized carbons (Fsp3) is 0.188. The molecule has 0 radical (unpaired) electrons. The van der Waals surface area contributed by atoms with E-state index in [0.29, 0.717) is 0 Å². The van der Waals surface area contributed by atoms with Crippen LogP contribution in [-0.4, -0.2) is 18.6 Å². The first kappa shape index (κ1) is 15.3. The topological polar surface area (TPSA) is 35.5 Å². The lowest BCUT2D eigenvalue weighted by atomic mass is 10.0. The maximum atomic E-state index is 13.2. The van der Waals surface area contributed by atoms with Crippen molar-refractivity contribution in [3.8, 4) is 17.2 Å². The molecule has 2 aromatic carbocycles. The molecule has 120 valence electrons. The minimum atomic E-state index is -4.42. The third-order valence-corrected chi connectivity index (χ3v) is 3.31. The van der Waals surface area contributed by atoms with E-state index in [1.54, 1.807) is 0 Å². The van der Waals surface area contributed by atoms with Crippen molar-refractivity contribution in [3.05, 3.63) is 53.6 Å². The lowest BCUT2D eigenvalue weighted by Crippen LogP contribution is -2.28. The van der Waals surface area contributed by atoms with Crippen molar-refractivity contribution < 1.29 is 31.8 Å². The van der Waals surface area contributed by atoms with Crippen LogP contribution in [0.3, 0.4) is 0 Å². The molecule has 0 saturated carbocycles. The van der Waals surface area contributed by atoms with Gasteiger partial charge in [-0.3, -0.25) is 4.79 Å². The summed E-state index contributed by atoms with van der Waals surface area (Å²) in [4.78, 5) is 11.6. The third-order valence-electron chi connectivity index (χ3n) is 3.31. The van der Waals surface area contributed by atoms with Gasteiger partial charge in [0.25, 0.3) is 0 Å². The molecule has 1 aliphatic rings. The van der Waals surface area contributed by atoms with Gasteiger partial charge in [-0.2, -0.15) is 13.2 Å². The van der Waals surface area contributed by atoms with Gasteiger partial charge in [-0.1, -0.05) is 0 Å². The van der Waals surface area contributed by atoms with Crippen molar-refractivity contribution in [1.82, 2.24) is 0 Å². The maximum Gasteiger partial charge on any atom is 0.416 e. The van der Waals surface area contributed by atoms with Gasteiger partial charge in [0.15, 0.2) is 6.17 Å². The highest BCUT2D eigenvalue weighted by molar-refractivity contribution is 6.02. The van der Waals surface area contributed by atoms with Crippen LogP contribution in [0, 0.1) is 0 Å². The van der Waals surface area contributed by atoms with E-state index >= 15 is 0 Å². The van der Waals surface area contributed by atoms with Gasteiger partial charge in [0.1, 0.15) is 23.9 Å². The molecule has 23 heavy (non-hydrogen) atoms. The van der Waals surface area contributed by atoms with Crippen LogP contribution in [-0.2, 0) is 6.18 Å². The van der Waals surface area contributed by atoms with E-state index in [4.69, 9.17) is 9.47 Å². The van der Waals surface area contributed by atoms with Crippen LogP contribution in [0.5, 0.6) is 17.2 Å². The smallest absolute Gasteiger partial charge is 0.416 e. The number of hydrogen-bond acceptors (Lipinski definition) is 3. The molecular weight excluding hydrogens is 316 g/mol. The second-order valence-electron chi connectivity index (χ2n) is 4.92. The third kappa shape index (κ3) is 3.13. The van der Waals surface area contributed by atoms with E-state index in [2.05, 4.69) is 0 Å². The first-order valence-corrected chi connectivity index (χ1v) is 6.65. The van der Waals surface area contributed by atoms with Crippen LogP contribution in [0.15, 0.2) is 42.5 Å². The zero-order valence-corrected chi connectivity index (χ0v) is 11.6. The van der Waals surface area contributed by atoms with Gasteiger partial charge in [0.05, 0.1) is 11.1 Å². The lowest BCUT2D eigenvalue weighted by Gasteiger charge is -2.19. The summed E-state index contributed by atoms with van der Waals surface area (Å²) in [6, 6.07) is 8.37. The minimum absolute atomic E-state index is 0.114. The molecule has 3 rings (SSSR count). The molecule has 0 aromatic heterocycles. The predicted octanol–water partition coefficient (Wildman–Crippen LogP) is 4.41. The van der Waals surface area contributed by atoms with Crippen molar-refractivity contribution in [2.75, 3.05) is 6.61 Å². The van der Waals surface area contributed by atoms with E-state index in [0.717, 1.165) is 12.1 Å². The molecule has 3 nitrogen and oxygen atoms in total. The fourth-order valence-electron chi connectivity index (χ4n) is 2.14. The quantitative estimate of drug-likeness (QED) is 0.767. The Morgan fingerprint density at radius 2 is 1.70 bits per heavy atom. The minimum Gasteiger partial charge on any atom is -0.489 e. The number of rotatable bonds is 2. The Hall–Kier alpha value is -2.57. The van der Waals surface area contributed by atoms with E-state index in [1.165, 1.54) is 30.3 Å². The Labute approximate surface area is 128 Å². The average Bonchev–Trinajstić information content (AvgIpc) is 2.51. The molecule has 0 fully saturated rings. The zero-order chi connectivity index (χ0) is 16.6. The molecule has 1 atom stereocenters. The van der Waals surface area contributed by atoms with Gasteiger partial charge < -0.3 is 9.47 Å². The maximum absolute atomic E-state index is 13.2. The first-order chi connectivity index (χ1) is 10.8. The van der Waals surface area contributed by atoms with Crippen molar-refractivity contribution in [1.29, 1.82) is 0 Å². The highest BCUT2D eigenvalue weighted by Gasteiger charge is 2.30. The van der Waals surface area contributed by atoms with E-state index in [9.17, 15) is 22.4 Å². The largest absolute Gasteiger partial charge is 0.489 e. The van der Waals surface area contributed by atoms with Crippen molar-refractivity contribution in [2.24, 2.45) is 0 Å². The van der Waals surface area contributed by atoms with E-state index < -0.39 is 23.7 Å². The van der Waals surface area contributed by atoms with Gasteiger partial charge >= 0.3 is 6.18 Å². The van der Waals surface area contributed by atoms with Gasteiger partial charge in [-0.25, -0.2) is 4.39 Å². The summed E-state index contributed by atoms with van der Waals surface area (Å²) in [6.45, 7) is -0.366.